The average Bonchev–Trinajstić information content (AvgIpc) is 2.47. The second-order valence-electron chi connectivity index (χ2n) is 5.79. The number of carbonyl (C=O) groups excluding carboxylic acids is 1. The van der Waals surface area contributed by atoms with E-state index in [0.29, 0.717) is 17.2 Å². The first-order chi connectivity index (χ1) is 11.0. The highest BCUT2D eigenvalue weighted by molar-refractivity contribution is 14.1. The van der Waals surface area contributed by atoms with Crippen LogP contribution in [0.4, 0.5) is 0 Å². The normalized spacial score (nSPS) is 16.4. The van der Waals surface area contributed by atoms with Crippen molar-refractivity contribution in [2.24, 2.45) is 0 Å². The fourth-order valence-electron chi connectivity index (χ4n) is 2.94. The highest BCUT2D eigenvalue weighted by Gasteiger charge is 2.25. The molecule has 2 aromatic carbocycles. The zero-order chi connectivity index (χ0) is 16.6. The maximum Gasteiger partial charge on any atom is 0.252 e. The van der Waals surface area contributed by atoms with Crippen LogP contribution in [-0.2, 0) is 0 Å². The second-order valence-corrected chi connectivity index (χ2v) is 7.39. The van der Waals surface area contributed by atoms with Crippen LogP contribution in [0.2, 0.25) is 5.02 Å². The number of nitrogens with one attached hydrogen (secondary N) is 1. The lowest BCUT2D eigenvalue weighted by Crippen LogP contribution is -2.32. The largest absolute Gasteiger partial charge is 0.493 e. The molecule has 1 amide bonds. The van der Waals surface area contributed by atoms with E-state index in [2.05, 4.69) is 47.0 Å². The number of fused-ring (bicyclic) bond motifs is 1. The highest BCUT2D eigenvalue weighted by Crippen LogP contribution is 2.36. The van der Waals surface area contributed by atoms with E-state index in [1.807, 2.05) is 6.92 Å². The Morgan fingerprint density at radius 3 is 2.83 bits per heavy atom. The maximum absolute atomic E-state index is 12.6. The Balaban J connectivity index is 1.89. The first kappa shape index (κ1) is 16.6. The third-order valence-electron chi connectivity index (χ3n) is 3.96. The molecule has 1 heterocycles. The number of ether oxygens (including phenoxy) is 1. The molecule has 3 nitrogen and oxygen atoms in total. The lowest BCUT2D eigenvalue weighted by atomic mass is 9.95. The highest BCUT2D eigenvalue weighted by atomic mass is 127. The van der Waals surface area contributed by atoms with Crippen LogP contribution in [0.5, 0.6) is 5.75 Å². The molecule has 1 aliphatic heterocycles. The molecule has 120 valence electrons. The lowest BCUT2D eigenvalue weighted by molar-refractivity contribution is 0.0923. The van der Waals surface area contributed by atoms with Crippen LogP contribution >= 0.6 is 34.2 Å². The van der Waals surface area contributed by atoms with Gasteiger partial charge < -0.3 is 10.1 Å². The van der Waals surface area contributed by atoms with E-state index in [-0.39, 0.29) is 11.9 Å². The SMILES string of the molecule is Cc1cc(C)c2c(c1)C(NC(=O)c1ccc(Cl)cc1I)CCO2. The van der Waals surface area contributed by atoms with Gasteiger partial charge in [-0.05, 0) is 60.2 Å². The number of halogens is 2. The maximum atomic E-state index is 12.6. The third-order valence-corrected chi connectivity index (χ3v) is 5.08. The van der Waals surface area contributed by atoms with E-state index in [9.17, 15) is 4.79 Å². The number of hydrogen-bond donors (Lipinski definition) is 1. The summed E-state index contributed by atoms with van der Waals surface area (Å²) in [6, 6.07) is 9.47. The molecule has 0 aromatic heterocycles. The molecule has 1 N–H and O–H groups in total. The molecule has 2 aromatic rings. The summed E-state index contributed by atoms with van der Waals surface area (Å²) in [5.41, 5.74) is 3.99. The Morgan fingerprint density at radius 1 is 1.30 bits per heavy atom. The van der Waals surface area contributed by atoms with Crippen LogP contribution < -0.4 is 10.1 Å². The van der Waals surface area contributed by atoms with Crippen molar-refractivity contribution in [2.45, 2.75) is 26.3 Å². The molecule has 0 saturated heterocycles. The lowest BCUT2D eigenvalue weighted by Gasteiger charge is -2.28. The quantitative estimate of drug-likeness (QED) is 0.679. The molecular weight excluding hydrogens is 425 g/mol. The van der Waals surface area contributed by atoms with Gasteiger partial charge in [-0.15, -0.1) is 0 Å². The van der Waals surface area contributed by atoms with E-state index in [1.54, 1.807) is 18.2 Å². The third kappa shape index (κ3) is 3.48. The van der Waals surface area contributed by atoms with Gasteiger partial charge in [-0.1, -0.05) is 29.3 Å². The van der Waals surface area contributed by atoms with Crippen LogP contribution in [0.25, 0.3) is 0 Å². The van der Waals surface area contributed by atoms with Crippen molar-refractivity contribution >= 4 is 40.1 Å². The Bertz CT molecular complexity index is 776. The number of benzene rings is 2. The Labute approximate surface area is 154 Å². The van der Waals surface area contributed by atoms with Crippen LogP contribution in [0.3, 0.4) is 0 Å². The molecule has 0 fully saturated rings. The van der Waals surface area contributed by atoms with E-state index < -0.39 is 0 Å². The summed E-state index contributed by atoms with van der Waals surface area (Å²) in [6.45, 7) is 4.71. The standard InChI is InChI=1S/C18H17ClINO2/c1-10-7-11(2)17-14(8-10)16(5-6-23-17)21-18(22)13-4-3-12(19)9-15(13)20/h3-4,7-9,16H,5-6H2,1-2H3,(H,21,22). The summed E-state index contributed by atoms with van der Waals surface area (Å²) in [5, 5.41) is 3.77. The van der Waals surface area contributed by atoms with Gasteiger partial charge in [0.15, 0.2) is 0 Å². The summed E-state index contributed by atoms with van der Waals surface area (Å²) < 4.78 is 6.64. The Kier molecular flexibility index (Phi) is 4.82. The molecule has 0 aliphatic carbocycles. The number of aryl methyl sites for hydroxylation is 2. The zero-order valence-corrected chi connectivity index (χ0v) is 15.9. The minimum Gasteiger partial charge on any atom is -0.493 e. The van der Waals surface area contributed by atoms with Crippen LogP contribution in [0.15, 0.2) is 30.3 Å². The predicted octanol–water partition coefficient (Wildman–Crippen LogP) is 4.82. The van der Waals surface area contributed by atoms with Crippen molar-refractivity contribution < 1.29 is 9.53 Å². The zero-order valence-electron chi connectivity index (χ0n) is 13.0. The molecule has 0 spiro atoms. The van der Waals surface area contributed by atoms with Gasteiger partial charge in [-0.2, -0.15) is 0 Å². The van der Waals surface area contributed by atoms with Crippen LogP contribution in [-0.4, -0.2) is 12.5 Å². The minimum absolute atomic E-state index is 0.0312. The molecule has 23 heavy (non-hydrogen) atoms. The summed E-state index contributed by atoms with van der Waals surface area (Å²) in [7, 11) is 0. The van der Waals surface area contributed by atoms with E-state index in [4.69, 9.17) is 16.3 Å². The van der Waals surface area contributed by atoms with E-state index >= 15 is 0 Å². The summed E-state index contributed by atoms with van der Waals surface area (Å²) >= 11 is 8.10. The van der Waals surface area contributed by atoms with Gasteiger partial charge in [0.1, 0.15) is 5.75 Å². The van der Waals surface area contributed by atoms with Crippen molar-refractivity contribution in [3.8, 4) is 5.75 Å². The van der Waals surface area contributed by atoms with Gasteiger partial charge in [-0.25, -0.2) is 0 Å². The fraction of sp³-hybridized carbons (Fsp3) is 0.278. The molecule has 5 heteroatoms. The molecule has 1 atom stereocenters. The van der Waals surface area contributed by atoms with E-state index in [1.165, 1.54) is 5.56 Å². The number of rotatable bonds is 2. The van der Waals surface area contributed by atoms with Gasteiger partial charge in [0, 0.05) is 20.6 Å². The molecule has 3 rings (SSSR count). The molecule has 1 aliphatic rings. The molecule has 0 saturated carbocycles. The Hall–Kier alpha value is -1.27. The van der Waals surface area contributed by atoms with Crippen molar-refractivity contribution in [1.82, 2.24) is 5.32 Å². The fourth-order valence-corrected chi connectivity index (χ4v) is 4.05. The predicted molar refractivity (Wildman–Crippen MR) is 100 cm³/mol. The Morgan fingerprint density at radius 2 is 2.09 bits per heavy atom. The average molecular weight is 442 g/mol. The number of hydrogen-bond acceptors (Lipinski definition) is 2. The summed E-state index contributed by atoms with van der Waals surface area (Å²) in [6.07, 6.45) is 0.770. The van der Waals surface area contributed by atoms with Gasteiger partial charge in [0.2, 0.25) is 0 Å². The minimum atomic E-state index is -0.0805. The molecular formula is C18H17ClINO2. The molecule has 0 bridgehead atoms. The van der Waals surface area contributed by atoms with Crippen molar-refractivity contribution in [2.75, 3.05) is 6.61 Å². The first-order valence-corrected chi connectivity index (χ1v) is 8.91. The van der Waals surface area contributed by atoms with Crippen LogP contribution in [0, 0.1) is 17.4 Å². The van der Waals surface area contributed by atoms with Crippen molar-refractivity contribution in [3.05, 3.63) is 61.2 Å². The number of carbonyl (C=O) groups is 1. The van der Waals surface area contributed by atoms with Gasteiger partial charge in [0.05, 0.1) is 18.2 Å². The second kappa shape index (κ2) is 6.69. The number of amides is 1. The first-order valence-electron chi connectivity index (χ1n) is 7.45. The van der Waals surface area contributed by atoms with Crippen LogP contribution in [0.1, 0.15) is 39.5 Å². The smallest absolute Gasteiger partial charge is 0.252 e. The molecule has 1 unspecified atom stereocenters. The van der Waals surface area contributed by atoms with Crippen molar-refractivity contribution in [1.29, 1.82) is 0 Å². The van der Waals surface area contributed by atoms with Crippen molar-refractivity contribution in [3.63, 3.8) is 0 Å². The van der Waals surface area contributed by atoms with Gasteiger partial charge in [0.25, 0.3) is 5.91 Å². The van der Waals surface area contributed by atoms with E-state index in [0.717, 1.165) is 26.9 Å². The topological polar surface area (TPSA) is 38.3 Å². The van der Waals surface area contributed by atoms with Gasteiger partial charge >= 0.3 is 0 Å². The monoisotopic (exact) mass is 441 g/mol. The molecule has 0 radical (unpaired) electrons. The summed E-state index contributed by atoms with van der Waals surface area (Å²) in [4.78, 5) is 12.6. The van der Waals surface area contributed by atoms with Gasteiger partial charge in [-0.3, -0.25) is 4.79 Å². The summed E-state index contributed by atoms with van der Waals surface area (Å²) in [5.74, 6) is 0.820.